The van der Waals surface area contributed by atoms with Gasteiger partial charge in [-0.2, -0.15) is 0 Å². The van der Waals surface area contributed by atoms with Gasteiger partial charge in [0.15, 0.2) is 5.43 Å². The number of amides is 1. The Morgan fingerprint density at radius 1 is 1.03 bits per heavy atom. The number of halogens is 1. The molecule has 1 aromatic heterocycles. The predicted octanol–water partition coefficient (Wildman–Crippen LogP) is 5.02. The van der Waals surface area contributed by atoms with E-state index in [1.807, 2.05) is 24.3 Å². The quantitative estimate of drug-likeness (QED) is 0.433. The van der Waals surface area contributed by atoms with E-state index in [0.717, 1.165) is 10.0 Å². The SMILES string of the molecule is COc1ccc(CN2C(=O)c3oc4ccc(Br)cc4c(=O)c3[C@H]2c2ccc(O)cc2)cc1. The lowest BCUT2D eigenvalue weighted by molar-refractivity contribution is 0.0714. The summed E-state index contributed by atoms with van der Waals surface area (Å²) < 4.78 is 11.9. The number of phenolic OH excluding ortho intramolecular Hbond substituents is 1. The summed E-state index contributed by atoms with van der Waals surface area (Å²) >= 11 is 3.40. The molecule has 1 aliphatic rings. The van der Waals surface area contributed by atoms with Crippen molar-refractivity contribution in [2.75, 3.05) is 7.11 Å². The van der Waals surface area contributed by atoms with Crippen LogP contribution in [-0.4, -0.2) is 23.0 Å². The number of hydrogen-bond acceptors (Lipinski definition) is 5. The Morgan fingerprint density at radius 2 is 1.75 bits per heavy atom. The summed E-state index contributed by atoms with van der Waals surface area (Å²) in [6, 6.07) is 18.4. The number of rotatable bonds is 4. The highest BCUT2D eigenvalue weighted by Crippen LogP contribution is 2.39. The smallest absolute Gasteiger partial charge is 0.291 e. The number of hydrogen-bond donors (Lipinski definition) is 1. The van der Waals surface area contributed by atoms with Gasteiger partial charge in [0.25, 0.3) is 5.91 Å². The Kier molecular flexibility index (Phi) is 4.98. The highest BCUT2D eigenvalue weighted by molar-refractivity contribution is 9.10. The van der Waals surface area contributed by atoms with Crippen LogP contribution in [0.3, 0.4) is 0 Å². The van der Waals surface area contributed by atoms with Crippen molar-refractivity contribution in [3.63, 3.8) is 0 Å². The van der Waals surface area contributed by atoms with Crippen LogP contribution in [0.15, 0.2) is 80.4 Å². The zero-order valence-corrected chi connectivity index (χ0v) is 18.6. The van der Waals surface area contributed by atoms with Gasteiger partial charge in [-0.1, -0.05) is 40.2 Å². The van der Waals surface area contributed by atoms with Crippen molar-refractivity contribution in [3.8, 4) is 11.5 Å². The predicted molar refractivity (Wildman–Crippen MR) is 123 cm³/mol. The second-order valence-electron chi connectivity index (χ2n) is 7.59. The average Bonchev–Trinajstić information content (AvgIpc) is 3.07. The van der Waals surface area contributed by atoms with Crippen LogP contribution in [0.25, 0.3) is 11.0 Å². The number of carbonyl (C=O) groups excluding carboxylic acids is 1. The molecule has 3 aromatic carbocycles. The fraction of sp³-hybridized carbons (Fsp3) is 0.120. The van der Waals surface area contributed by atoms with Crippen molar-refractivity contribution in [1.29, 1.82) is 0 Å². The highest BCUT2D eigenvalue weighted by atomic mass is 79.9. The van der Waals surface area contributed by atoms with Gasteiger partial charge < -0.3 is 19.2 Å². The summed E-state index contributed by atoms with van der Waals surface area (Å²) in [5, 5.41) is 10.1. The lowest BCUT2D eigenvalue weighted by atomic mass is 9.98. The summed E-state index contributed by atoms with van der Waals surface area (Å²) in [4.78, 5) is 28.6. The van der Waals surface area contributed by atoms with Gasteiger partial charge in [0.1, 0.15) is 17.1 Å². The summed E-state index contributed by atoms with van der Waals surface area (Å²) in [7, 11) is 1.59. The molecule has 0 unspecified atom stereocenters. The van der Waals surface area contributed by atoms with E-state index in [2.05, 4.69) is 15.9 Å². The van der Waals surface area contributed by atoms with E-state index in [1.165, 1.54) is 0 Å². The first kappa shape index (κ1) is 20.3. The molecule has 2 heterocycles. The van der Waals surface area contributed by atoms with Crippen molar-refractivity contribution in [2.45, 2.75) is 12.6 Å². The molecule has 5 rings (SSSR count). The van der Waals surface area contributed by atoms with Crippen LogP contribution in [0.2, 0.25) is 0 Å². The van der Waals surface area contributed by atoms with E-state index in [0.29, 0.717) is 27.8 Å². The third kappa shape index (κ3) is 3.35. The van der Waals surface area contributed by atoms with Crippen molar-refractivity contribution < 1.29 is 19.1 Å². The average molecular weight is 492 g/mol. The molecule has 0 saturated heterocycles. The molecule has 1 aliphatic heterocycles. The minimum atomic E-state index is -0.639. The highest BCUT2D eigenvalue weighted by Gasteiger charge is 2.42. The minimum Gasteiger partial charge on any atom is -0.508 e. The van der Waals surface area contributed by atoms with E-state index in [-0.39, 0.29) is 29.4 Å². The molecule has 7 heteroatoms. The van der Waals surface area contributed by atoms with Crippen molar-refractivity contribution in [2.24, 2.45) is 0 Å². The van der Waals surface area contributed by atoms with Gasteiger partial charge in [-0.25, -0.2) is 0 Å². The number of carbonyl (C=O) groups is 1. The van der Waals surface area contributed by atoms with Gasteiger partial charge in [0.2, 0.25) is 5.76 Å². The minimum absolute atomic E-state index is 0.0522. The van der Waals surface area contributed by atoms with Gasteiger partial charge in [-0.05, 0) is 53.6 Å². The Bertz CT molecular complexity index is 1390. The number of phenols is 1. The Balaban J connectivity index is 1.68. The Labute approximate surface area is 191 Å². The van der Waals surface area contributed by atoms with Crippen LogP contribution < -0.4 is 10.2 Å². The molecule has 0 radical (unpaired) electrons. The molecule has 0 aliphatic carbocycles. The topological polar surface area (TPSA) is 80.0 Å². The summed E-state index contributed by atoms with van der Waals surface area (Å²) in [5.41, 5.74) is 2.02. The first-order valence-electron chi connectivity index (χ1n) is 9.95. The fourth-order valence-electron chi connectivity index (χ4n) is 4.09. The number of benzene rings is 3. The molecule has 160 valence electrons. The molecule has 1 N–H and O–H groups in total. The van der Waals surface area contributed by atoms with Crippen LogP contribution in [0, 0.1) is 0 Å². The molecule has 6 nitrogen and oxygen atoms in total. The number of aromatic hydroxyl groups is 1. The molecule has 0 spiro atoms. The summed E-state index contributed by atoms with van der Waals surface area (Å²) in [5.74, 6) is 0.523. The van der Waals surface area contributed by atoms with E-state index in [1.54, 1.807) is 54.5 Å². The first-order valence-corrected chi connectivity index (χ1v) is 10.7. The van der Waals surface area contributed by atoms with E-state index < -0.39 is 6.04 Å². The van der Waals surface area contributed by atoms with Crippen LogP contribution >= 0.6 is 15.9 Å². The van der Waals surface area contributed by atoms with Crippen molar-refractivity contribution >= 4 is 32.8 Å². The molecule has 0 bridgehead atoms. The molecule has 32 heavy (non-hydrogen) atoms. The molecule has 1 atom stereocenters. The number of methoxy groups -OCH3 is 1. The fourth-order valence-corrected chi connectivity index (χ4v) is 4.45. The number of ether oxygens (including phenoxy) is 1. The maximum atomic E-state index is 13.5. The standard InChI is InChI=1S/C25H18BrNO5/c1-31-18-9-2-14(3-10-18)13-27-22(15-4-7-17(28)8-5-15)21-23(29)19-12-16(26)6-11-20(19)32-24(21)25(27)30/h2-12,22,28H,13H2,1H3/t22-/m1/s1. The largest absolute Gasteiger partial charge is 0.508 e. The van der Waals surface area contributed by atoms with Gasteiger partial charge in [-0.15, -0.1) is 0 Å². The second kappa shape index (κ2) is 7.84. The normalized spacial score (nSPS) is 15.2. The number of nitrogens with zero attached hydrogens (tertiary/aromatic N) is 1. The van der Waals surface area contributed by atoms with Crippen LogP contribution in [0.1, 0.15) is 33.3 Å². The molecule has 4 aromatic rings. The Morgan fingerprint density at radius 3 is 2.44 bits per heavy atom. The van der Waals surface area contributed by atoms with E-state index >= 15 is 0 Å². The molecule has 1 amide bonds. The second-order valence-corrected chi connectivity index (χ2v) is 8.51. The van der Waals surface area contributed by atoms with Crippen LogP contribution in [0.4, 0.5) is 0 Å². The lowest BCUT2D eigenvalue weighted by Gasteiger charge is -2.25. The molecule has 0 saturated carbocycles. The monoisotopic (exact) mass is 491 g/mol. The lowest BCUT2D eigenvalue weighted by Crippen LogP contribution is -2.29. The zero-order valence-electron chi connectivity index (χ0n) is 17.0. The molecule has 0 fully saturated rings. The van der Waals surface area contributed by atoms with Gasteiger partial charge in [-0.3, -0.25) is 9.59 Å². The van der Waals surface area contributed by atoms with E-state index in [4.69, 9.17) is 9.15 Å². The Hall–Kier alpha value is -3.58. The van der Waals surface area contributed by atoms with Gasteiger partial charge in [0.05, 0.1) is 24.1 Å². The van der Waals surface area contributed by atoms with Crippen LogP contribution in [-0.2, 0) is 6.54 Å². The molecular formula is C25H18BrNO5. The van der Waals surface area contributed by atoms with Gasteiger partial charge in [0, 0.05) is 11.0 Å². The van der Waals surface area contributed by atoms with Gasteiger partial charge >= 0.3 is 0 Å². The first-order chi connectivity index (χ1) is 15.5. The van der Waals surface area contributed by atoms with Crippen molar-refractivity contribution in [1.82, 2.24) is 4.90 Å². The third-order valence-electron chi connectivity index (χ3n) is 5.65. The van der Waals surface area contributed by atoms with Crippen molar-refractivity contribution in [3.05, 3.63) is 104 Å². The summed E-state index contributed by atoms with van der Waals surface area (Å²) in [6.07, 6.45) is 0. The van der Waals surface area contributed by atoms with Crippen LogP contribution in [0.5, 0.6) is 11.5 Å². The zero-order chi connectivity index (χ0) is 22.4. The molecular weight excluding hydrogens is 474 g/mol. The summed E-state index contributed by atoms with van der Waals surface area (Å²) in [6.45, 7) is 0.276. The van der Waals surface area contributed by atoms with E-state index in [9.17, 15) is 14.7 Å². The third-order valence-corrected chi connectivity index (χ3v) is 6.14. The number of fused-ring (bicyclic) bond motifs is 2. The maximum absolute atomic E-state index is 13.5. The maximum Gasteiger partial charge on any atom is 0.291 e.